The Kier molecular flexibility index (Phi) is 1.79. The number of anilines is 1. The van der Waals surface area contributed by atoms with Crippen LogP contribution >= 0.6 is 34.8 Å². The highest BCUT2D eigenvalue weighted by atomic mass is 127. The van der Waals surface area contributed by atoms with Gasteiger partial charge in [-0.2, -0.15) is 0 Å². The molecule has 3 rings (SSSR count). The zero-order valence-corrected chi connectivity index (χ0v) is 10.1. The van der Waals surface area contributed by atoms with E-state index in [1.54, 1.807) is 0 Å². The highest BCUT2D eigenvalue weighted by molar-refractivity contribution is 14.1. The van der Waals surface area contributed by atoms with Crippen molar-refractivity contribution in [3.8, 4) is 0 Å². The van der Waals surface area contributed by atoms with Gasteiger partial charge in [0.25, 0.3) is 0 Å². The Morgan fingerprint density at radius 2 is 2.00 bits per heavy atom. The van der Waals surface area contributed by atoms with Crippen molar-refractivity contribution in [2.24, 2.45) is 0 Å². The minimum Gasteiger partial charge on any atom is -0.346 e. The van der Waals surface area contributed by atoms with Gasteiger partial charge in [-0.25, -0.2) is 0 Å². The molecule has 2 aromatic carbocycles. The molecule has 0 radical (unpaired) electrons. The highest BCUT2D eigenvalue weighted by Gasteiger charge is 2.18. The summed E-state index contributed by atoms with van der Waals surface area (Å²) in [5.74, 6) is 0. The maximum absolute atomic E-state index is 5.27. The molecule has 1 N–H and O–H groups in total. The number of thiocarbonyl (C=S) groups is 1. The van der Waals surface area contributed by atoms with Gasteiger partial charge in [-0.15, -0.1) is 0 Å². The molecule has 68 valence electrons. The van der Waals surface area contributed by atoms with E-state index in [2.05, 4.69) is 58.2 Å². The number of hydrogen-bond donors (Lipinski definition) is 1. The fourth-order valence-electron chi connectivity index (χ4n) is 1.85. The summed E-state index contributed by atoms with van der Waals surface area (Å²) in [4.78, 5) is 0.840. The van der Waals surface area contributed by atoms with Crippen LogP contribution in [0.5, 0.6) is 0 Å². The third-order valence-electron chi connectivity index (χ3n) is 2.48. The zero-order valence-electron chi connectivity index (χ0n) is 7.17. The quantitative estimate of drug-likeness (QED) is 0.590. The van der Waals surface area contributed by atoms with Gasteiger partial charge < -0.3 is 5.32 Å². The summed E-state index contributed by atoms with van der Waals surface area (Å²) in [5, 5.41) is 5.78. The van der Waals surface area contributed by atoms with E-state index in [1.807, 2.05) is 0 Å². The lowest BCUT2D eigenvalue weighted by molar-refractivity contribution is 1.71. The Labute approximate surface area is 101 Å². The average molecular weight is 311 g/mol. The average Bonchev–Trinajstić information content (AvgIpc) is 2.52. The van der Waals surface area contributed by atoms with Crippen LogP contribution in [0.3, 0.4) is 0 Å². The Morgan fingerprint density at radius 1 is 1.14 bits per heavy atom. The molecule has 0 fully saturated rings. The van der Waals surface area contributed by atoms with Gasteiger partial charge in [-0.1, -0.05) is 30.4 Å². The summed E-state index contributed by atoms with van der Waals surface area (Å²) in [6, 6.07) is 10.5. The second-order valence-electron chi connectivity index (χ2n) is 3.28. The number of rotatable bonds is 0. The topological polar surface area (TPSA) is 12.0 Å². The van der Waals surface area contributed by atoms with E-state index in [9.17, 15) is 0 Å². The highest BCUT2D eigenvalue weighted by Crippen LogP contribution is 2.35. The molecule has 0 aromatic heterocycles. The number of halogens is 1. The SMILES string of the molecule is S=C1Nc2ccc(I)c3cccc1c23. The fraction of sp³-hybridized carbons (Fsp3) is 0. The second kappa shape index (κ2) is 2.90. The molecule has 0 saturated carbocycles. The van der Waals surface area contributed by atoms with Crippen LogP contribution in [0.4, 0.5) is 5.69 Å². The minimum atomic E-state index is 0.840. The first kappa shape index (κ1) is 8.61. The summed E-state index contributed by atoms with van der Waals surface area (Å²) < 4.78 is 1.27. The van der Waals surface area contributed by atoms with E-state index in [4.69, 9.17) is 12.2 Å². The van der Waals surface area contributed by atoms with Crippen LogP contribution < -0.4 is 5.32 Å². The van der Waals surface area contributed by atoms with E-state index in [-0.39, 0.29) is 0 Å². The van der Waals surface area contributed by atoms with Crippen molar-refractivity contribution in [1.29, 1.82) is 0 Å². The smallest absolute Gasteiger partial charge is 0.111 e. The Bertz CT molecular complexity index is 562. The molecule has 0 unspecified atom stereocenters. The molecule has 2 aromatic rings. The molecule has 0 spiro atoms. The molecule has 14 heavy (non-hydrogen) atoms. The first-order chi connectivity index (χ1) is 6.77. The van der Waals surface area contributed by atoms with Crippen LogP contribution in [0, 0.1) is 3.57 Å². The van der Waals surface area contributed by atoms with Crippen molar-refractivity contribution >= 4 is 56.3 Å². The first-order valence-corrected chi connectivity index (χ1v) is 5.78. The van der Waals surface area contributed by atoms with Crippen LogP contribution in [0.15, 0.2) is 30.3 Å². The first-order valence-electron chi connectivity index (χ1n) is 4.30. The summed E-state index contributed by atoms with van der Waals surface area (Å²) in [6.45, 7) is 0. The maximum atomic E-state index is 5.27. The van der Waals surface area contributed by atoms with E-state index in [0.717, 1.165) is 16.2 Å². The largest absolute Gasteiger partial charge is 0.346 e. The molecule has 0 aliphatic carbocycles. The van der Waals surface area contributed by atoms with Crippen LogP contribution in [0.1, 0.15) is 5.56 Å². The summed E-state index contributed by atoms with van der Waals surface area (Å²) in [6.07, 6.45) is 0. The normalized spacial score (nSPS) is 13.4. The van der Waals surface area contributed by atoms with Crippen LogP contribution in [-0.2, 0) is 0 Å². The van der Waals surface area contributed by atoms with Crippen molar-refractivity contribution in [1.82, 2.24) is 0 Å². The van der Waals surface area contributed by atoms with Crippen molar-refractivity contribution < 1.29 is 0 Å². The fourth-order valence-corrected chi connectivity index (χ4v) is 2.76. The minimum absolute atomic E-state index is 0.840. The predicted octanol–water partition coefficient (Wildman–Crippen LogP) is 3.55. The van der Waals surface area contributed by atoms with Gasteiger partial charge in [0, 0.05) is 20.2 Å². The molecule has 1 nitrogen and oxygen atoms in total. The molecule has 0 atom stereocenters. The van der Waals surface area contributed by atoms with Gasteiger partial charge in [-0.05, 0) is 40.1 Å². The van der Waals surface area contributed by atoms with Crippen LogP contribution in [0.25, 0.3) is 10.8 Å². The van der Waals surface area contributed by atoms with Crippen molar-refractivity contribution in [2.45, 2.75) is 0 Å². The van der Waals surface area contributed by atoms with Crippen molar-refractivity contribution in [2.75, 3.05) is 5.32 Å². The van der Waals surface area contributed by atoms with Gasteiger partial charge in [0.05, 0.1) is 0 Å². The molecular weight excluding hydrogens is 305 g/mol. The molecule has 1 heterocycles. The summed E-state index contributed by atoms with van der Waals surface area (Å²) >= 11 is 7.62. The number of hydrogen-bond acceptors (Lipinski definition) is 1. The van der Waals surface area contributed by atoms with E-state index < -0.39 is 0 Å². The van der Waals surface area contributed by atoms with Gasteiger partial charge >= 0.3 is 0 Å². The Morgan fingerprint density at radius 3 is 2.86 bits per heavy atom. The third kappa shape index (κ3) is 1.02. The zero-order chi connectivity index (χ0) is 9.71. The molecule has 1 aliphatic heterocycles. The molecule has 1 aliphatic rings. The predicted molar refractivity (Wildman–Crippen MR) is 72.0 cm³/mol. The molecule has 0 saturated heterocycles. The lowest BCUT2D eigenvalue weighted by atomic mass is 10.1. The van der Waals surface area contributed by atoms with Crippen LogP contribution in [-0.4, -0.2) is 4.99 Å². The van der Waals surface area contributed by atoms with E-state index >= 15 is 0 Å². The van der Waals surface area contributed by atoms with E-state index in [1.165, 1.54) is 14.3 Å². The number of benzene rings is 2. The standard InChI is InChI=1S/C11H6INS/c12-8-4-5-9-10-6(8)2-1-3-7(10)11(14)13-9/h1-5H,(H,13,14). The van der Waals surface area contributed by atoms with Gasteiger partial charge in [-0.3, -0.25) is 0 Å². The lowest BCUT2D eigenvalue weighted by Gasteiger charge is -2.01. The van der Waals surface area contributed by atoms with Gasteiger partial charge in [0.2, 0.25) is 0 Å². The maximum Gasteiger partial charge on any atom is 0.111 e. The van der Waals surface area contributed by atoms with Gasteiger partial charge in [0.15, 0.2) is 0 Å². The summed E-state index contributed by atoms with van der Waals surface area (Å²) in [5.41, 5.74) is 2.30. The van der Waals surface area contributed by atoms with E-state index in [0.29, 0.717) is 0 Å². The van der Waals surface area contributed by atoms with Gasteiger partial charge in [0.1, 0.15) is 4.99 Å². The van der Waals surface area contributed by atoms with Crippen LogP contribution in [0.2, 0.25) is 0 Å². The molecular formula is C11H6INS. The number of nitrogens with one attached hydrogen (secondary N) is 1. The molecule has 3 heteroatoms. The Hall–Kier alpha value is -0.680. The Balaban J connectivity index is 2.58. The summed E-state index contributed by atoms with van der Waals surface area (Å²) in [7, 11) is 0. The lowest BCUT2D eigenvalue weighted by Crippen LogP contribution is -2.01. The third-order valence-corrected chi connectivity index (χ3v) is 3.74. The molecule has 0 bridgehead atoms. The second-order valence-corrected chi connectivity index (χ2v) is 4.85. The van der Waals surface area contributed by atoms with Crippen molar-refractivity contribution in [3.63, 3.8) is 0 Å². The van der Waals surface area contributed by atoms with Crippen molar-refractivity contribution in [3.05, 3.63) is 39.5 Å². The molecule has 0 amide bonds. The monoisotopic (exact) mass is 311 g/mol.